The van der Waals surface area contributed by atoms with E-state index < -0.39 is 6.09 Å². The molecular formula is C18H29N3O2. The normalized spacial score (nSPS) is 25.3. The first-order valence-electron chi connectivity index (χ1n) is 8.13. The number of nitrogen functional groups attached to an aromatic ring is 1. The zero-order chi connectivity index (χ0) is 17.4. The summed E-state index contributed by atoms with van der Waals surface area (Å²) in [5, 5.41) is 9.53. The van der Waals surface area contributed by atoms with Crippen LogP contribution in [0, 0.1) is 5.41 Å². The average molecular weight is 319 g/mol. The number of likely N-dealkylation sites (tertiary alicyclic amines) is 1. The van der Waals surface area contributed by atoms with Gasteiger partial charge in [-0.05, 0) is 49.4 Å². The van der Waals surface area contributed by atoms with Gasteiger partial charge in [0.05, 0.1) is 0 Å². The number of nitrogens with zero attached hydrogens (tertiary/aromatic N) is 2. The van der Waals surface area contributed by atoms with Crippen LogP contribution in [-0.2, 0) is 0 Å². The number of piperidine rings is 1. The van der Waals surface area contributed by atoms with E-state index in [-0.39, 0.29) is 17.0 Å². The molecule has 1 aliphatic rings. The average Bonchev–Trinajstić information content (AvgIpc) is 2.46. The number of amides is 1. The summed E-state index contributed by atoms with van der Waals surface area (Å²) in [6.45, 7) is 9.13. The summed E-state index contributed by atoms with van der Waals surface area (Å²) in [5.41, 5.74) is 7.46. The quantitative estimate of drug-likeness (QED) is 0.816. The van der Waals surface area contributed by atoms with Crippen LogP contribution in [-0.4, -0.2) is 41.3 Å². The first-order chi connectivity index (χ1) is 10.5. The van der Waals surface area contributed by atoms with Gasteiger partial charge in [0.15, 0.2) is 0 Å². The zero-order valence-corrected chi connectivity index (χ0v) is 14.8. The molecule has 3 N–H and O–H groups in total. The molecule has 23 heavy (non-hydrogen) atoms. The van der Waals surface area contributed by atoms with Gasteiger partial charge in [0.2, 0.25) is 0 Å². The molecule has 0 aromatic heterocycles. The maximum atomic E-state index is 11.6. The topological polar surface area (TPSA) is 69.8 Å². The summed E-state index contributed by atoms with van der Waals surface area (Å²) in [7, 11) is 2.08. The second-order valence-corrected chi connectivity index (χ2v) is 7.96. The molecule has 0 saturated carbocycles. The summed E-state index contributed by atoms with van der Waals surface area (Å²) < 4.78 is 0. The Morgan fingerprint density at radius 1 is 1.35 bits per heavy atom. The van der Waals surface area contributed by atoms with Gasteiger partial charge in [-0.3, -0.25) is 0 Å². The minimum Gasteiger partial charge on any atom is -0.465 e. The Kier molecular flexibility index (Phi) is 4.51. The summed E-state index contributed by atoms with van der Waals surface area (Å²) >= 11 is 0. The van der Waals surface area contributed by atoms with Gasteiger partial charge in [0.1, 0.15) is 0 Å². The molecule has 0 spiro atoms. The van der Waals surface area contributed by atoms with Crippen molar-refractivity contribution in [2.24, 2.45) is 5.41 Å². The lowest BCUT2D eigenvalue weighted by Gasteiger charge is -2.52. The van der Waals surface area contributed by atoms with Crippen molar-refractivity contribution < 1.29 is 9.90 Å². The predicted molar refractivity (Wildman–Crippen MR) is 94.9 cm³/mol. The minimum absolute atomic E-state index is 0.00465. The molecule has 1 amide bonds. The monoisotopic (exact) mass is 319 g/mol. The van der Waals surface area contributed by atoms with Crippen LogP contribution in [0.5, 0.6) is 0 Å². The van der Waals surface area contributed by atoms with Crippen molar-refractivity contribution in [2.45, 2.75) is 52.1 Å². The maximum absolute atomic E-state index is 11.6. The molecule has 0 radical (unpaired) electrons. The fourth-order valence-electron chi connectivity index (χ4n) is 3.46. The highest BCUT2D eigenvalue weighted by molar-refractivity contribution is 5.66. The Balaban J connectivity index is 2.28. The lowest BCUT2D eigenvalue weighted by atomic mass is 9.73. The molecule has 1 aromatic carbocycles. The van der Waals surface area contributed by atoms with Crippen molar-refractivity contribution in [3.05, 3.63) is 24.3 Å². The molecule has 1 fully saturated rings. The van der Waals surface area contributed by atoms with E-state index in [2.05, 4.69) is 39.6 Å². The number of rotatable bonds is 2. The Hall–Kier alpha value is -1.91. The largest absolute Gasteiger partial charge is 0.465 e. The van der Waals surface area contributed by atoms with Crippen LogP contribution in [0.4, 0.5) is 16.2 Å². The van der Waals surface area contributed by atoms with Gasteiger partial charge in [0, 0.05) is 36.5 Å². The number of carbonyl (C=O) groups is 1. The van der Waals surface area contributed by atoms with Gasteiger partial charge in [-0.25, -0.2) is 4.79 Å². The van der Waals surface area contributed by atoms with Gasteiger partial charge in [0.25, 0.3) is 0 Å². The van der Waals surface area contributed by atoms with Crippen molar-refractivity contribution >= 4 is 17.5 Å². The van der Waals surface area contributed by atoms with Crippen molar-refractivity contribution in [1.29, 1.82) is 0 Å². The lowest BCUT2D eigenvalue weighted by Crippen LogP contribution is -2.60. The van der Waals surface area contributed by atoms with Gasteiger partial charge < -0.3 is 20.6 Å². The number of carboxylic acid groups (broad SMARTS) is 1. The first-order valence-corrected chi connectivity index (χ1v) is 8.13. The van der Waals surface area contributed by atoms with Crippen LogP contribution in [0.25, 0.3) is 0 Å². The molecule has 5 heteroatoms. The fraction of sp³-hybridized carbons (Fsp3) is 0.611. The molecular weight excluding hydrogens is 290 g/mol. The smallest absolute Gasteiger partial charge is 0.407 e. The highest BCUT2D eigenvalue weighted by atomic mass is 16.4. The standard InChI is InChI=1S/C18H29N3O2/c1-17(2,3)15-12-18(4,10-11-21(15)16(22)23)20(5)14-8-6-13(19)7-9-14/h6-9,15H,10-12,19H2,1-5H3,(H,22,23). The van der Waals surface area contributed by atoms with Crippen molar-refractivity contribution in [3.63, 3.8) is 0 Å². The second kappa shape index (κ2) is 5.95. The van der Waals surface area contributed by atoms with Crippen molar-refractivity contribution in [2.75, 3.05) is 24.2 Å². The maximum Gasteiger partial charge on any atom is 0.407 e. The van der Waals surface area contributed by atoms with Crippen molar-refractivity contribution in [3.8, 4) is 0 Å². The van der Waals surface area contributed by atoms with Crippen LogP contribution in [0.3, 0.4) is 0 Å². The number of benzene rings is 1. The van der Waals surface area contributed by atoms with Gasteiger partial charge in [-0.2, -0.15) is 0 Å². The zero-order valence-electron chi connectivity index (χ0n) is 14.8. The van der Waals surface area contributed by atoms with E-state index in [9.17, 15) is 9.90 Å². The minimum atomic E-state index is -0.817. The van der Waals surface area contributed by atoms with Crippen LogP contribution in [0.15, 0.2) is 24.3 Å². The van der Waals surface area contributed by atoms with E-state index in [4.69, 9.17) is 5.73 Å². The summed E-state index contributed by atoms with van der Waals surface area (Å²) in [6.07, 6.45) is 0.804. The SMILES string of the molecule is CN(c1ccc(N)cc1)C1(C)CCN(C(=O)O)C(C(C)(C)C)C1. The van der Waals surface area contributed by atoms with Crippen LogP contribution < -0.4 is 10.6 Å². The van der Waals surface area contributed by atoms with E-state index in [0.29, 0.717) is 6.54 Å². The second-order valence-electron chi connectivity index (χ2n) is 7.96. The molecule has 5 nitrogen and oxygen atoms in total. The van der Waals surface area contributed by atoms with E-state index in [1.54, 1.807) is 4.90 Å². The lowest BCUT2D eigenvalue weighted by molar-refractivity contribution is 0.0349. The van der Waals surface area contributed by atoms with E-state index in [1.807, 2.05) is 24.3 Å². The molecule has 128 valence electrons. The third-order valence-electron chi connectivity index (χ3n) is 5.24. The number of nitrogens with two attached hydrogens (primary N) is 1. The Labute approximate surface area is 139 Å². The predicted octanol–water partition coefficient (Wildman–Crippen LogP) is 3.65. The highest BCUT2D eigenvalue weighted by Gasteiger charge is 2.45. The molecule has 1 aromatic rings. The fourth-order valence-corrected chi connectivity index (χ4v) is 3.46. The molecule has 2 rings (SSSR count). The molecule has 1 aliphatic heterocycles. The van der Waals surface area contributed by atoms with E-state index in [1.165, 1.54) is 0 Å². The van der Waals surface area contributed by atoms with E-state index in [0.717, 1.165) is 24.2 Å². The van der Waals surface area contributed by atoms with Crippen molar-refractivity contribution in [1.82, 2.24) is 4.90 Å². The highest BCUT2D eigenvalue weighted by Crippen LogP contribution is 2.40. The molecule has 2 unspecified atom stereocenters. The van der Waals surface area contributed by atoms with Gasteiger partial charge in [-0.1, -0.05) is 20.8 Å². The number of hydrogen-bond donors (Lipinski definition) is 2. The molecule has 2 atom stereocenters. The first kappa shape index (κ1) is 17.4. The summed E-state index contributed by atoms with van der Waals surface area (Å²) in [6, 6.07) is 7.85. The Morgan fingerprint density at radius 2 is 1.91 bits per heavy atom. The molecule has 1 saturated heterocycles. The number of anilines is 2. The van der Waals surface area contributed by atoms with Gasteiger partial charge in [-0.15, -0.1) is 0 Å². The van der Waals surface area contributed by atoms with Crippen LogP contribution in [0.1, 0.15) is 40.5 Å². The molecule has 1 heterocycles. The third kappa shape index (κ3) is 3.54. The van der Waals surface area contributed by atoms with Crippen LogP contribution >= 0.6 is 0 Å². The Morgan fingerprint density at radius 3 is 2.39 bits per heavy atom. The summed E-state index contributed by atoms with van der Waals surface area (Å²) in [4.78, 5) is 15.5. The number of hydrogen-bond acceptors (Lipinski definition) is 3. The van der Waals surface area contributed by atoms with E-state index >= 15 is 0 Å². The third-order valence-corrected chi connectivity index (χ3v) is 5.24. The summed E-state index contributed by atoms with van der Waals surface area (Å²) in [5.74, 6) is 0. The van der Waals surface area contributed by atoms with Gasteiger partial charge >= 0.3 is 6.09 Å². The van der Waals surface area contributed by atoms with Crippen LogP contribution in [0.2, 0.25) is 0 Å². The Bertz CT molecular complexity index is 565. The molecule has 0 aliphatic carbocycles. The molecule has 0 bridgehead atoms.